The van der Waals surface area contributed by atoms with E-state index in [-0.39, 0.29) is 62.3 Å². The molecule has 15 nitrogen and oxygen atoms in total. The molecule has 5 rings (SSSR count). The molecule has 0 aromatic heterocycles. The van der Waals surface area contributed by atoms with Crippen LogP contribution in [0.25, 0.3) is 12.2 Å². The molecule has 9 N–H and O–H groups in total. The third-order valence-electron chi connectivity index (χ3n) is 9.31. The molecule has 0 saturated carbocycles. The molecule has 346 valence electrons. The van der Waals surface area contributed by atoms with Crippen LogP contribution in [0, 0.1) is 23.3 Å². The van der Waals surface area contributed by atoms with Crippen molar-refractivity contribution in [2.45, 2.75) is 42.9 Å². The van der Waals surface area contributed by atoms with Crippen molar-refractivity contribution in [3.05, 3.63) is 154 Å². The minimum Gasteiger partial charge on any atom is -0.451 e. The summed E-state index contributed by atoms with van der Waals surface area (Å²) in [4.78, 5) is 30.4. The van der Waals surface area contributed by atoms with Gasteiger partial charge in [-0.25, -0.2) is 39.1 Å². The van der Waals surface area contributed by atoms with Gasteiger partial charge in [0.2, 0.25) is 10.0 Å². The number of guanidine groups is 2. The zero-order valence-corrected chi connectivity index (χ0v) is 36.9. The number of hydrogen-bond acceptors (Lipinski definition) is 8. The fourth-order valence-electron chi connectivity index (χ4n) is 6.06. The average molecular weight is 950 g/mol. The number of ether oxygens (including phenoxy) is 2. The van der Waals surface area contributed by atoms with Crippen molar-refractivity contribution in [2.24, 2.45) is 32.9 Å². The van der Waals surface area contributed by atoms with Crippen LogP contribution in [0.5, 0.6) is 23.0 Å². The monoisotopic (exact) mass is 949 g/mol. The van der Waals surface area contributed by atoms with Gasteiger partial charge in [-0.2, -0.15) is 9.98 Å². The summed E-state index contributed by atoms with van der Waals surface area (Å²) in [6.07, 6.45) is 3.40. The summed E-state index contributed by atoms with van der Waals surface area (Å²) < 4.78 is 124. The lowest BCUT2D eigenvalue weighted by atomic mass is 10.1. The second-order valence-electron chi connectivity index (χ2n) is 14.5. The molecule has 0 aliphatic heterocycles. The normalized spacial score (nSPS) is 12.0. The zero-order chi connectivity index (χ0) is 48.3. The van der Waals surface area contributed by atoms with Gasteiger partial charge in [-0.05, 0) is 140 Å². The summed E-state index contributed by atoms with van der Waals surface area (Å²) in [7, 11) is -7.72. The first-order chi connectivity index (χ1) is 31.1. The van der Waals surface area contributed by atoms with Crippen LogP contribution < -0.4 is 37.1 Å². The highest BCUT2D eigenvalue weighted by atomic mass is 32.2. The van der Waals surface area contributed by atoms with Crippen molar-refractivity contribution in [1.82, 2.24) is 4.72 Å². The zero-order valence-electron chi connectivity index (χ0n) is 35.2. The number of carbonyl (C=O) groups excluding carboxylic acids is 2. The van der Waals surface area contributed by atoms with Crippen LogP contribution in [0.15, 0.2) is 128 Å². The number of nitrogens with two attached hydrogens (primary N) is 4. The first-order valence-corrected chi connectivity index (χ1v) is 22.7. The van der Waals surface area contributed by atoms with E-state index in [1.54, 1.807) is 12.1 Å². The quantitative estimate of drug-likeness (QED) is 0.0286. The van der Waals surface area contributed by atoms with Gasteiger partial charge >= 0.3 is 0 Å². The smallest absolute Gasteiger partial charge is 0.275 e. The Balaban J connectivity index is 1.08. The van der Waals surface area contributed by atoms with Crippen LogP contribution >= 0.6 is 0 Å². The first kappa shape index (κ1) is 49.7. The SMILES string of the molecule is C/C(=C\c1cc(F)c(Oc2ccc(S(=O)(=O)CCCc3ccc(CCNS(=O)(=O)c4ccc(Oc5c(F)cc(/C=C(\C)C(=O)N=C(N)N)cc5F)cc4)cc3)cc2)c(F)c1)C(=O)N=C(N)N. The van der Waals surface area contributed by atoms with Gasteiger partial charge in [0.1, 0.15) is 11.5 Å². The number of aryl methyl sites for hydroxylation is 1. The van der Waals surface area contributed by atoms with Crippen LogP contribution in [-0.2, 0) is 42.3 Å². The molecule has 21 heteroatoms. The number of sulfone groups is 1. The number of amides is 2. The van der Waals surface area contributed by atoms with Crippen molar-refractivity contribution >= 4 is 55.7 Å². The predicted molar refractivity (Wildman–Crippen MR) is 240 cm³/mol. The fraction of sp³-hybridized carbons (Fsp3) is 0.156. The molecule has 0 fully saturated rings. The van der Waals surface area contributed by atoms with E-state index in [2.05, 4.69) is 14.7 Å². The maximum atomic E-state index is 14.8. The van der Waals surface area contributed by atoms with Gasteiger partial charge in [0.05, 0.1) is 15.5 Å². The van der Waals surface area contributed by atoms with Gasteiger partial charge in [-0.3, -0.25) is 9.59 Å². The van der Waals surface area contributed by atoms with Gasteiger partial charge in [-0.15, -0.1) is 0 Å². The largest absolute Gasteiger partial charge is 0.451 e. The topological polar surface area (TPSA) is 262 Å². The van der Waals surface area contributed by atoms with E-state index in [0.29, 0.717) is 12.8 Å². The number of carbonyl (C=O) groups is 2. The molecule has 0 aliphatic rings. The first-order valence-electron chi connectivity index (χ1n) is 19.6. The molecule has 0 aliphatic carbocycles. The van der Waals surface area contributed by atoms with Gasteiger partial charge < -0.3 is 32.4 Å². The maximum absolute atomic E-state index is 14.8. The van der Waals surface area contributed by atoms with Crippen LogP contribution in [0.2, 0.25) is 0 Å². The van der Waals surface area contributed by atoms with Crippen LogP contribution in [0.3, 0.4) is 0 Å². The highest BCUT2D eigenvalue weighted by Gasteiger charge is 2.19. The molecule has 0 atom stereocenters. The van der Waals surface area contributed by atoms with Crippen molar-refractivity contribution < 1.29 is 53.5 Å². The predicted octanol–water partition coefficient (Wildman–Crippen LogP) is 6.16. The molecule has 5 aromatic carbocycles. The second-order valence-corrected chi connectivity index (χ2v) is 18.4. The van der Waals surface area contributed by atoms with Crippen molar-refractivity contribution in [2.75, 3.05) is 12.3 Å². The Morgan fingerprint density at radius 2 is 0.970 bits per heavy atom. The summed E-state index contributed by atoms with van der Waals surface area (Å²) in [5, 5.41) is 0. The Labute approximate surface area is 377 Å². The molecule has 0 heterocycles. The van der Waals surface area contributed by atoms with Gasteiger partial charge in [0.25, 0.3) is 11.8 Å². The van der Waals surface area contributed by atoms with Crippen molar-refractivity contribution in [3.8, 4) is 23.0 Å². The second kappa shape index (κ2) is 21.5. The van der Waals surface area contributed by atoms with E-state index in [1.165, 1.54) is 74.5 Å². The number of nitrogens with one attached hydrogen (secondary N) is 1. The number of aliphatic imine (C=N–C) groups is 2. The molecule has 66 heavy (non-hydrogen) atoms. The maximum Gasteiger partial charge on any atom is 0.275 e. The standard InChI is InChI=1S/C45H43F4N7O8S2/c1-26(42(57)55-44(50)51)20-30-22-36(46)40(37(47)23-30)63-32-9-13-34(14-10-32)65(59,60)19-3-4-28-5-7-29(8-6-28)17-18-54-66(61,62)35-15-11-33(12-16-35)64-41-38(48)24-31(25-39(41)49)21-27(2)43(58)56-45(52)53/h5-16,20-25,54H,3-4,17-19H2,1-2H3,(H4,50,51,55,57)(H4,52,53,56,58)/b26-20+,27-21+. The lowest BCUT2D eigenvalue weighted by Crippen LogP contribution is -2.25. The molecule has 0 spiro atoms. The van der Waals surface area contributed by atoms with Crippen LogP contribution in [0.4, 0.5) is 17.6 Å². The fourth-order valence-corrected chi connectivity index (χ4v) is 8.41. The molecule has 0 saturated heterocycles. The molecule has 5 aromatic rings. The van der Waals surface area contributed by atoms with Gasteiger partial charge in [0, 0.05) is 17.7 Å². The van der Waals surface area contributed by atoms with Gasteiger partial charge in [0.15, 0.2) is 56.5 Å². The van der Waals surface area contributed by atoms with E-state index in [1.807, 2.05) is 12.1 Å². The van der Waals surface area contributed by atoms with E-state index in [4.69, 9.17) is 32.4 Å². The number of hydrogen-bond donors (Lipinski definition) is 5. The van der Waals surface area contributed by atoms with E-state index in [0.717, 1.165) is 35.4 Å². The van der Waals surface area contributed by atoms with Crippen molar-refractivity contribution in [3.63, 3.8) is 0 Å². The van der Waals surface area contributed by atoms with Crippen LogP contribution in [0.1, 0.15) is 42.5 Å². The van der Waals surface area contributed by atoms with E-state index < -0.39 is 78.4 Å². The molecule has 0 bridgehead atoms. The Bertz CT molecular complexity index is 2730. The van der Waals surface area contributed by atoms with Crippen molar-refractivity contribution in [1.29, 1.82) is 0 Å². The minimum atomic E-state index is -3.98. The third-order valence-corrected chi connectivity index (χ3v) is 12.6. The molecule has 0 unspecified atom stereocenters. The Kier molecular flexibility index (Phi) is 16.2. The highest BCUT2D eigenvalue weighted by Crippen LogP contribution is 2.32. The summed E-state index contributed by atoms with van der Waals surface area (Å²) in [5.41, 5.74) is 22.4. The van der Waals surface area contributed by atoms with Gasteiger partial charge in [-0.1, -0.05) is 24.3 Å². The number of sulfonamides is 1. The molecule has 0 radical (unpaired) electrons. The Hall–Kier alpha value is -7.36. The van der Waals surface area contributed by atoms with Crippen LogP contribution in [-0.4, -0.2) is 52.9 Å². The molecular formula is C45H43F4N7O8S2. The third kappa shape index (κ3) is 13.8. The van der Waals surface area contributed by atoms with E-state index in [9.17, 15) is 44.0 Å². The number of nitrogens with zero attached hydrogens (tertiary/aromatic N) is 2. The summed E-state index contributed by atoms with van der Waals surface area (Å²) >= 11 is 0. The summed E-state index contributed by atoms with van der Waals surface area (Å²) in [5.74, 6) is -8.57. The molecular weight excluding hydrogens is 907 g/mol. The number of rotatable bonds is 18. The lowest BCUT2D eigenvalue weighted by molar-refractivity contribution is -0.115. The Morgan fingerprint density at radius 1 is 0.591 bits per heavy atom. The minimum absolute atomic E-state index is 0.00399. The molecule has 2 amide bonds. The number of halogens is 4. The highest BCUT2D eigenvalue weighted by molar-refractivity contribution is 7.91. The Morgan fingerprint density at radius 3 is 1.36 bits per heavy atom. The summed E-state index contributed by atoms with van der Waals surface area (Å²) in [6, 6.07) is 20.9. The lowest BCUT2D eigenvalue weighted by Gasteiger charge is -2.11. The summed E-state index contributed by atoms with van der Waals surface area (Å²) in [6.45, 7) is 2.77. The number of benzene rings is 5. The van der Waals surface area contributed by atoms with E-state index >= 15 is 0 Å². The average Bonchev–Trinajstić information content (AvgIpc) is 3.24.